The van der Waals surface area contributed by atoms with Crippen LogP contribution in [0.15, 0.2) is 4.99 Å². The third kappa shape index (κ3) is 1.59. The molecule has 0 radical (unpaired) electrons. The van der Waals surface area contributed by atoms with Crippen molar-refractivity contribution in [1.82, 2.24) is 0 Å². The minimum Gasteiger partial charge on any atom is -0.465 e. The summed E-state index contributed by atoms with van der Waals surface area (Å²) in [5.74, 6) is 0. The summed E-state index contributed by atoms with van der Waals surface area (Å²) >= 11 is 0. The second-order valence-electron chi connectivity index (χ2n) is 2.86. The Morgan fingerprint density at radius 3 is 2.67 bits per heavy atom. The molecule has 9 heavy (non-hydrogen) atoms. The van der Waals surface area contributed by atoms with Gasteiger partial charge in [-0.15, -0.1) is 0 Å². The molecule has 0 amide bonds. The van der Waals surface area contributed by atoms with Crippen LogP contribution in [0.5, 0.6) is 0 Å². The molecule has 0 aromatic rings. The number of aliphatic imine (C=N–C) groups is 1. The van der Waals surface area contributed by atoms with E-state index >= 15 is 0 Å². The molecule has 2 N–H and O–H groups in total. The van der Waals surface area contributed by atoms with E-state index in [1.165, 1.54) is 0 Å². The van der Waals surface area contributed by atoms with Crippen molar-refractivity contribution in [2.75, 3.05) is 6.61 Å². The van der Waals surface area contributed by atoms with Crippen LogP contribution in [0.4, 0.5) is 0 Å². The number of hydrogen-bond donors (Lipinski definition) is 1. The number of ether oxygens (including phenoxy) is 1. The lowest BCUT2D eigenvalue weighted by Crippen LogP contribution is -2.32. The zero-order valence-electron chi connectivity index (χ0n) is 5.85. The summed E-state index contributed by atoms with van der Waals surface area (Å²) in [5, 5.41) is 0. The van der Waals surface area contributed by atoms with Crippen LogP contribution in [-0.2, 0) is 4.74 Å². The van der Waals surface area contributed by atoms with Crippen LogP contribution in [-0.4, -0.2) is 18.2 Å². The fraction of sp³-hybridized carbons (Fsp3) is 0.833. The predicted molar refractivity (Wildman–Crippen MR) is 36.3 cm³/mol. The first-order valence-electron chi connectivity index (χ1n) is 3.08. The molecule has 0 atom stereocenters. The first-order chi connectivity index (χ1) is 4.10. The van der Waals surface area contributed by atoms with Crippen LogP contribution in [0.3, 0.4) is 0 Å². The number of nitrogens with two attached hydrogens (primary N) is 1. The van der Waals surface area contributed by atoms with Crippen molar-refractivity contribution in [3.05, 3.63) is 0 Å². The van der Waals surface area contributed by atoms with Gasteiger partial charge in [0.05, 0.1) is 12.1 Å². The Morgan fingerprint density at radius 2 is 2.33 bits per heavy atom. The Hall–Kier alpha value is -0.730. The fourth-order valence-corrected chi connectivity index (χ4v) is 0.792. The molecule has 0 saturated carbocycles. The molecular formula is C6H12N2O. The van der Waals surface area contributed by atoms with Gasteiger partial charge in [-0.3, -0.25) is 0 Å². The van der Waals surface area contributed by atoms with E-state index in [1.54, 1.807) is 0 Å². The molecule has 0 unspecified atom stereocenters. The highest BCUT2D eigenvalue weighted by Gasteiger charge is 2.21. The molecule has 52 valence electrons. The molecule has 0 spiro atoms. The standard InChI is InChI=1S/C6H12N2O/c1-6(2)3-4-9-5(7)8-6/h3-4H2,1-2H3,(H2,7,8). The molecule has 3 nitrogen and oxygen atoms in total. The fourth-order valence-electron chi connectivity index (χ4n) is 0.792. The van der Waals surface area contributed by atoms with E-state index < -0.39 is 0 Å². The highest BCUT2D eigenvalue weighted by Crippen LogP contribution is 2.17. The SMILES string of the molecule is CC1(C)CCOC(N)=N1. The van der Waals surface area contributed by atoms with Crippen LogP contribution in [0, 0.1) is 0 Å². The largest absolute Gasteiger partial charge is 0.465 e. The third-order valence-corrected chi connectivity index (χ3v) is 1.38. The summed E-state index contributed by atoms with van der Waals surface area (Å²) in [6.45, 7) is 4.78. The Morgan fingerprint density at radius 1 is 1.67 bits per heavy atom. The van der Waals surface area contributed by atoms with Crippen molar-refractivity contribution < 1.29 is 4.74 Å². The number of rotatable bonds is 0. The topological polar surface area (TPSA) is 47.6 Å². The van der Waals surface area contributed by atoms with Gasteiger partial charge in [-0.2, -0.15) is 0 Å². The number of hydrogen-bond acceptors (Lipinski definition) is 3. The Labute approximate surface area is 54.9 Å². The molecule has 0 aromatic carbocycles. The van der Waals surface area contributed by atoms with Crippen molar-refractivity contribution in [2.45, 2.75) is 25.8 Å². The smallest absolute Gasteiger partial charge is 0.282 e. The maximum absolute atomic E-state index is 5.34. The third-order valence-electron chi connectivity index (χ3n) is 1.38. The molecule has 0 aromatic heterocycles. The highest BCUT2D eigenvalue weighted by atomic mass is 16.5. The molecule has 1 aliphatic rings. The molecule has 0 aliphatic carbocycles. The minimum absolute atomic E-state index is 0.0116. The molecule has 1 heterocycles. The predicted octanol–water partition coefficient (Wildman–Crippen LogP) is 0.500. The second kappa shape index (κ2) is 1.90. The average molecular weight is 128 g/mol. The van der Waals surface area contributed by atoms with Crippen LogP contribution < -0.4 is 5.73 Å². The quantitative estimate of drug-likeness (QED) is 0.516. The summed E-state index contributed by atoms with van der Waals surface area (Å²) in [6, 6.07) is 0.325. The highest BCUT2D eigenvalue weighted by molar-refractivity contribution is 5.72. The van der Waals surface area contributed by atoms with E-state index in [2.05, 4.69) is 4.99 Å². The minimum atomic E-state index is -0.0116. The van der Waals surface area contributed by atoms with Crippen LogP contribution >= 0.6 is 0 Å². The normalized spacial score (nSPS) is 24.4. The van der Waals surface area contributed by atoms with Crippen molar-refractivity contribution >= 4 is 6.02 Å². The molecule has 3 heteroatoms. The maximum Gasteiger partial charge on any atom is 0.282 e. The first kappa shape index (κ1) is 6.39. The van der Waals surface area contributed by atoms with E-state index in [0.717, 1.165) is 6.42 Å². The zero-order valence-corrected chi connectivity index (χ0v) is 5.85. The first-order valence-corrected chi connectivity index (χ1v) is 3.08. The van der Waals surface area contributed by atoms with Gasteiger partial charge in [-0.25, -0.2) is 4.99 Å². The lowest BCUT2D eigenvalue weighted by atomic mass is 10.0. The lowest BCUT2D eigenvalue weighted by Gasteiger charge is -2.24. The zero-order chi connectivity index (χ0) is 6.91. The summed E-state index contributed by atoms with van der Waals surface area (Å²) in [7, 11) is 0. The van der Waals surface area contributed by atoms with E-state index in [1.807, 2.05) is 13.8 Å². The monoisotopic (exact) mass is 128 g/mol. The van der Waals surface area contributed by atoms with Gasteiger partial charge in [0.15, 0.2) is 0 Å². The van der Waals surface area contributed by atoms with Crippen molar-refractivity contribution in [3.63, 3.8) is 0 Å². The molecular weight excluding hydrogens is 116 g/mol. The van der Waals surface area contributed by atoms with E-state index in [0.29, 0.717) is 12.6 Å². The number of nitrogens with zero attached hydrogens (tertiary/aromatic N) is 1. The Kier molecular flexibility index (Phi) is 1.35. The summed E-state index contributed by atoms with van der Waals surface area (Å²) in [6.07, 6.45) is 0.952. The van der Waals surface area contributed by atoms with Gasteiger partial charge >= 0.3 is 0 Å². The van der Waals surface area contributed by atoms with E-state index in [4.69, 9.17) is 10.5 Å². The van der Waals surface area contributed by atoms with Gasteiger partial charge in [-0.1, -0.05) is 0 Å². The molecule has 1 aliphatic heterocycles. The number of amidine groups is 1. The average Bonchev–Trinajstić information content (AvgIpc) is 1.60. The van der Waals surface area contributed by atoms with Gasteiger partial charge < -0.3 is 10.5 Å². The molecule has 0 bridgehead atoms. The summed E-state index contributed by atoms with van der Waals surface area (Å²) in [4.78, 5) is 4.09. The summed E-state index contributed by atoms with van der Waals surface area (Å²) < 4.78 is 4.94. The Balaban J connectivity index is 2.68. The van der Waals surface area contributed by atoms with Gasteiger partial charge in [0.2, 0.25) is 0 Å². The van der Waals surface area contributed by atoms with Gasteiger partial charge in [0.1, 0.15) is 0 Å². The van der Waals surface area contributed by atoms with Crippen LogP contribution in [0.2, 0.25) is 0 Å². The van der Waals surface area contributed by atoms with Gasteiger partial charge in [0.25, 0.3) is 6.02 Å². The lowest BCUT2D eigenvalue weighted by molar-refractivity contribution is 0.226. The summed E-state index contributed by atoms with van der Waals surface area (Å²) in [5.41, 5.74) is 5.33. The van der Waals surface area contributed by atoms with Crippen LogP contribution in [0.25, 0.3) is 0 Å². The maximum atomic E-state index is 5.34. The van der Waals surface area contributed by atoms with Crippen molar-refractivity contribution in [2.24, 2.45) is 10.7 Å². The van der Waals surface area contributed by atoms with E-state index in [-0.39, 0.29) is 5.54 Å². The van der Waals surface area contributed by atoms with E-state index in [9.17, 15) is 0 Å². The van der Waals surface area contributed by atoms with Gasteiger partial charge in [-0.05, 0) is 13.8 Å². The van der Waals surface area contributed by atoms with Gasteiger partial charge in [0, 0.05) is 6.42 Å². The van der Waals surface area contributed by atoms with Crippen LogP contribution in [0.1, 0.15) is 20.3 Å². The molecule has 0 fully saturated rings. The molecule has 0 saturated heterocycles. The molecule has 1 rings (SSSR count). The second-order valence-corrected chi connectivity index (χ2v) is 2.86. The van der Waals surface area contributed by atoms with Crippen molar-refractivity contribution in [3.8, 4) is 0 Å². The Bertz CT molecular complexity index is 140. The van der Waals surface area contributed by atoms with Crippen molar-refractivity contribution in [1.29, 1.82) is 0 Å².